The van der Waals surface area contributed by atoms with Gasteiger partial charge in [-0.2, -0.15) is 0 Å². The third-order valence-corrected chi connectivity index (χ3v) is 6.25. The van der Waals surface area contributed by atoms with Gasteiger partial charge in [0.05, 0.1) is 18.2 Å². The molecule has 1 heterocycles. The fraction of sp³-hybridized carbons (Fsp3) is 0.400. The number of halogens is 2. The molecule has 0 aromatic heterocycles. The second-order valence-corrected chi connectivity index (χ2v) is 8.04. The van der Waals surface area contributed by atoms with Crippen molar-refractivity contribution in [1.29, 1.82) is 0 Å². The fourth-order valence-electron chi connectivity index (χ4n) is 4.26. The van der Waals surface area contributed by atoms with Gasteiger partial charge in [0.25, 0.3) is 0 Å². The summed E-state index contributed by atoms with van der Waals surface area (Å²) in [5.74, 6) is 0.998. The van der Waals surface area contributed by atoms with Crippen molar-refractivity contribution in [2.75, 3.05) is 20.8 Å². The summed E-state index contributed by atoms with van der Waals surface area (Å²) in [6, 6.07) is 11.1. The molecule has 0 fully saturated rings. The minimum Gasteiger partial charge on any atom is -0.495 e. The number of rotatable bonds is 2. The smallest absolute Gasteiger partial charge is 0.137 e. The summed E-state index contributed by atoms with van der Waals surface area (Å²) < 4.78 is 12.4. The predicted octanol–water partition coefficient (Wildman–Crippen LogP) is 4.85. The van der Waals surface area contributed by atoms with Crippen molar-refractivity contribution < 1.29 is 9.47 Å². The van der Waals surface area contributed by atoms with Crippen molar-refractivity contribution in [1.82, 2.24) is 5.32 Å². The van der Waals surface area contributed by atoms with Gasteiger partial charge >= 0.3 is 0 Å². The lowest BCUT2D eigenvalue weighted by molar-refractivity contribution is 0.102. The first-order chi connectivity index (χ1) is 12.1. The zero-order valence-corrected chi connectivity index (χ0v) is 16.7. The van der Waals surface area contributed by atoms with E-state index in [9.17, 15) is 0 Å². The van der Waals surface area contributed by atoms with Crippen LogP contribution in [-0.2, 0) is 11.2 Å². The molecule has 25 heavy (non-hydrogen) atoms. The van der Waals surface area contributed by atoms with Crippen LogP contribution in [0, 0.1) is 0 Å². The second-order valence-electron chi connectivity index (χ2n) is 6.71. The number of hydrogen-bond donors (Lipinski definition) is 1. The molecule has 2 aliphatic rings. The molecule has 3 atom stereocenters. The lowest BCUT2D eigenvalue weighted by Gasteiger charge is -2.34. The van der Waals surface area contributed by atoms with E-state index in [-0.39, 0.29) is 12.0 Å². The van der Waals surface area contributed by atoms with Crippen LogP contribution in [0.1, 0.15) is 40.7 Å². The average Bonchev–Trinajstić information content (AvgIpc) is 2.77. The Kier molecular flexibility index (Phi) is 4.80. The number of nitrogens with one attached hydrogen (secondary N) is 1. The minimum atomic E-state index is -0.0112. The molecule has 5 heteroatoms. The molecule has 0 amide bonds. The average molecular weight is 423 g/mol. The van der Waals surface area contributed by atoms with Gasteiger partial charge in [0.2, 0.25) is 0 Å². The Morgan fingerprint density at radius 2 is 1.96 bits per heavy atom. The molecule has 0 saturated carbocycles. The largest absolute Gasteiger partial charge is 0.495 e. The van der Waals surface area contributed by atoms with Crippen LogP contribution >= 0.6 is 27.5 Å². The zero-order valence-electron chi connectivity index (χ0n) is 14.3. The molecule has 1 unspecified atom stereocenters. The van der Waals surface area contributed by atoms with Gasteiger partial charge in [-0.1, -0.05) is 33.6 Å². The second kappa shape index (κ2) is 6.92. The van der Waals surface area contributed by atoms with Crippen molar-refractivity contribution in [3.8, 4) is 5.75 Å². The summed E-state index contributed by atoms with van der Waals surface area (Å²) in [7, 11) is 3.42. The molecule has 1 aliphatic heterocycles. The van der Waals surface area contributed by atoms with Crippen LogP contribution in [0.4, 0.5) is 0 Å². The van der Waals surface area contributed by atoms with E-state index in [1.165, 1.54) is 16.7 Å². The van der Waals surface area contributed by atoms with Gasteiger partial charge in [-0.15, -0.1) is 0 Å². The number of ether oxygens (including phenoxy) is 2. The van der Waals surface area contributed by atoms with Crippen LogP contribution in [-0.4, -0.2) is 26.8 Å². The Bertz CT molecular complexity index is 811. The van der Waals surface area contributed by atoms with Gasteiger partial charge < -0.3 is 14.8 Å². The Morgan fingerprint density at radius 1 is 1.12 bits per heavy atom. The molecule has 0 saturated heterocycles. The van der Waals surface area contributed by atoms with Gasteiger partial charge in [0, 0.05) is 30.1 Å². The Labute approximate surface area is 161 Å². The van der Waals surface area contributed by atoms with E-state index in [0.29, 0.717) is 11.1 Å². The summed E-state index contributed by atoms with van der Waals surface area (Å²) in [5.41, 5.74) is 5.21. The molecule has 3 nitrogen and oxygen atoms in total. The minimum absolute atomic E-state index is 0.0112. The number of benzene rings is 2. The molecule has 2 aromatic carbocycles. The van der Waals surface area contributed by atoms with Gasteiger partial charge in [0.15, 0.2) is 0 Å². The Hall–Kier alpha value is -1.07. The van der Waals surface area contributed by atoms with E-state index in [4.69, 9.17) is 21.1 Å². The van der Waals surface area contributed by atoms with Crippen LogP contribution in [0.3, 0.4) is 0 Å². The lowest BCUT2D eigenvalue weighted by Crippen LogP contribution is -2.38. The number of methoxy groups -OCH3 is 2. The van der Waals surface area contributed by atoms with Crippen LogP contribution in [0.25, 0.3) is 0 Å². The normalized spacial score (nSPS) is 24.7. The lowest BCUT2D eigenvalue weighted by atomic mass is 9.74. The van der Waals surface area contributed by atoms with Crippen LogP contribution in [0.2, 0.25) is 5.02 Å². The topological polar surface area (TPSA) is 30.5 Å². The van der Waals surface area contributed by atoms with Gasteiger partial charge in [-0.3, -0.25) is 0 Å². The highest BCUT2D eigenvalue weighted by Crippen LogP contribution is 2.45. The van der Waals surface area contributed by atoms with Crippen molar-refractivity contribution in [3.63, 3.8) is 0 Å². The van der Waals surface area contributed by atoms with E-state index in [2.05, 4.69) is 45.5 Å². The van der Waals surface area contributed by atoms with Crippen molar-refractivity contribution in [3.05, 3.63) is 62.1 Å². The van der Waals surface area contributed by atoms with E-state index < -0.39 is 0 Å². The third kappa shape index (κ3) is 2.99. The molecule has 1 aliphatic carbocycles. The molecular weight excluding hydrogens is 402 g/mol. The molecular formula is C20H21BrClNO2. The number of aryl methyl sites for hydroxylation is 1. The first kappa shape index (κ1) is 17.3. The van der Waals surface area contributed by atoms with E-state index in [1.54, 1.807) is 14.2 Å². The summed E-state index contributed by atoms with van der Waals surface area (Å²) in [6.45, 7) is 0.791. The number of fused-ring (bicyclic) bond motifs is 5. The maximum atomic E-state index is 6.43. The van der Waals surface area contributed by atoms with Gasteiger partial charge in [0.1, 0.15) is 5.75 Å². The third-order valence-electron chi connectivity index (χ3n) is 5.46. The molecule has 1 N–H and O–H groups in total. The first-order valence-electron chi connectivity index (χ1n) is 8.54. The summed E-state index contributed by atoms with van der Waals surface area (Å²) >= 11 is 10.0. The first-order valence-corrected chi connectivity index (χ1v) is 9.71. The molecule has 2 aromatic rings. The highest BCUT2D eigenvalue weighted by Gasteiger charge is 2.37. The highest BCUT2D eigenvalue weighted by atomic mass is 79.9. The Balaban J connectivity index is 1.93. The van der Waals surface area contributed by atoms with Gasteiger partial charge in [-0.05, 0) is 59.4 Å². The SMILES string of the molecule is COc1cc2c(cc1Cl)C(OC)CN[C@H]1CCc3cc(Br)ccc3[C@H]21. The maximum absolute atomic E-state index is 6.43. The Morgan fingerprint density at radius 3 is 2.72 bits per heavy atom. The fourth-order valence-corrected chi connectivity index (χ4v) is 4.92. The van der Waals surface area contributed by atoms with E-state index >= 15 is 0 Å². The molecule has 0 spiro atoms. The predicted molar refractivity (Wildman–Crippen MR) is 104 cm³/mol. The van der Waals surface area contributed by atoms with Crippen LogP contribution in [0.15, 0.2) is 34.8 Å². The summed E-state index contributed by atoms with van der Waals surface area (Å²) in [4.78, 5) is 0. The van der Waals surface area contributed by atoms with Crippen molar-refractivity contribution in [2.24, 2.45) is 0 Å². The van der Waals surface area contributed by atoms with E-state index in [1.807, 2.05) is 6.07 Å². The molecule has 0 radical (unpaired) electrons. The summed E-state index contributed by atoms with van der Waals surface area (Å²) in [5, 5.41) is 4.36. The van der Waals surface area contributed by atoms with Crippen molar-refractivity contribution >= 4 is 27.5 Å². The monoisotopic (exact) mass is 421 g/mol. The maximum Gasteiger partial charge on any atom is 0.137 e. The van der Waals surface area contributed by atoms with Crippen LogP contribution < -0.4 is 10.1 Å². The highest BCUT2D eigenvalue weighted by molar-refractivity contribution is 9.10. The molecule has 132 valence electrons. The summed E-state index contributed by atoms with van der Waals surface area (Å²) in [6.07, 6.45) is 2.18. The zero-order chi connectivity index (χ0) is 17.6. The van der Waals surface area contributed by atoms with E-state index in [0.717, 1.165) is 35.2 Å². The van der Waals surface area contributed by atoms with Crippen LogP contribution in [0.5, 0.6) is 5.75 Å². The molecule has 4 rings (SSSR count). The number of hydrogen-bond acceptors (Lipinski definition) is 3. The quantitative estimate of drug-likeness (QED) is 0.750. The van der Waals surface area contributed by atoms with Crippen molar-refractivity contribution in [2.45, 2.75) is 30.9 Å². The molecule has 0 bridgehead atoms. The van der Waals surface area contributed by atoms with Gasteiger partial charge in [-0.25, -0.2) is 0 Å². The standard InChI is InChI=1S/C20H21BrClNO2/c1-24-18-9-15-14(8-16(18)22)19(25-2)10-23-17-6-3-11-7-12(21)4-5-13(11)20(15)17/h4-5,7-9,17,19-20,23H,3,6,10H2,1-2H3/t17-,19?,20+/m0/s1.